The number of carbonyl (C=O) groups is 3. The van der Waals surface area contributed by atoms with Gasteiger partial charge in [-0.3, -0.25) is 24.5 Å². The molecule has 1 aliphatic rings. The fourth-order valence-corrected chi connectivity index (χ4v) is 4.24. The Bertz CT molecular complexity index is 1050. The summed E-state index contributed by atoms with van der Waals surface area (Å²) < 4.78 is 24.2. The van der Waals surface area contributed by atoms with Crippen LogP contribution in [0.25, 0.3) is 10.9 Å². The van der Waals surface area contributed by atoms with Gasteiger partial charge in [0.1, 0.15) is 0 Å². The number of rotatable bonds is 5. The molecule has 0 unspecified atom stereocenters. The van der Waals surface area contributed by atoms with E-state index in [1.165, 1.54) is 32.9 Å². The lowest BCUT2D eigenvalue weighted by Gasteiger charge is -2.41. The fraction of sp³-hybridized carbons (Fsp3) is 0.421. The Balaban J connectivity index is 2.11. The Morgan fingerprint density at radius 1 is 1.10 bits per heavy atom. The number of ether oxygens (including phenoxy) is 4. The second kappa shape index (κ2) is 9.18. The first kappa shape index (κ1) is 22.9. The molecule has 0 radical (unpaired) electrons. The number of carbonyl (C=O) groups excluding carboxylic acids is 3. The zero-order chi connectivity index (χ0) is 22.9. The van der Waals surface area contributed by atoms with E-state index < -0.39 is 47.4 Å². The van der Waals surface area contributed by atoms with Crippen molar-refractivity contribution in [2.75, 3.05) is 6.61 Å². The number of benzene rings is 1. The number of hydrogen-bond donors (Lipinski definition) is 0. The summed E-state index contributed by atoms with van der Waals surface area (Å²) in [6.07, 6.45) is -2.62. The number of non-ortho nitro benzene ring substituents is 1. The lowest BCUT2D eigenvalue weighted by atomic mass is 10.0. The third-order valence-electron chi connectivity index (χ3n) is 4.58. The van der Waals surface area contributed by atoms with Gasteiger partial charge in [0.05, 0.1) is 17.0 Å². The maximum absolute atomic E-state index is 11.8. The van der Waals surface area contributed by atoms with Crippen molar-refractivity contribution < 1.29 is 38.3 Å². The predicted octanol–water partition coefficient (Wildman–Crippen LogP) is 2.48. The first-order valence-corrected chi connectivity index (χ1v) is 10.2. The minimum Gasteiger partial charge on any atom is -0.456 e. The molecule has 0 aliphatic carbocycles. The average Bonchev–Trinajstić information content (AvgIpc) is 2.99. The maximum atomic E-state index is 11.8. The fourth-order valence-electron chi connectivity index (χ4n) is 3.48. The van der Waals surface area contributed by atoms with Crippen molar-refractivity contribution >= 4 is 57.1 Å². The summed E-state index contributed by atoms with van der Waals surface area (Å²) in [5.41, 5.74) is 0.339. The van der Waals surface area contributed by atoms with E-state index in [1.54, 1.807) is 16.8 Å². The van der Waals surface area contributed by atoms with Crippen LogP contribution in [-0.2, 0) is 33.3 Å². The van der Waals surface area contributed by atoms with Crippen molar-refractivity contribution in [1.29, 1.82) is 0 Å². The predicted molar refractivity (Wildman–Crippen MR) is 113 cm³/mol. The number of hydrogen-bond acceptors (Lipinski definition) is 9. The highest BCUT2D eigenvalue weighted by atomic mass is 127. The average molecular weight is 546 g/mol. The van der Waals surface area contributed by atoms with E-state index in [0.717, 1.165) is 8.96 Å². The van der Waals surface area contributed by atoms with E-state index in [2.05, 4.69) is 22.6 Å². The highest BCUT2D eigenvalue weighted by Gasteiger charge is 2.48. The molecular weight excluding hydrogens is 527 g/mol. The molecule has 11 nitrogen and oxygen atoms in total. The number of nitro benzene ring substituents is 1. The van der Waals surface area contributed by atoms with Gasteiger partial charge in [-0.2, -0.15) is 0 Å². The van der Waals surface area contributed by atoms with Crippen LogP contribution in [0.2, 0.25) is 0 Å². The summed E-state index contributed by atoms with van der Waals surface area (Å²) in [6, 6.07) is 4.38. The molecule has 0 N–H and O–H groups in total. The van der Waals surface area contributed by atoms with Crippen molar-refractivity contribution in [2.45, 2.75) is 45.3 Å². The van der Waals surface area contributed by atoms with Gasteiger partial charge in [-0.1, -0.05) is 0 Å². The molecule has 1 aliphatic heterocycles. The number of fused-ring (bicyclic) bond motifs is 1. The van der Waals surface area contributed by atoms with Crippen molar-refractivity contribution in [2.24, 2.45) is 0 Å². The summed E-state index contributed by atoms with van der Waals surface area (Å²) >= 11 is 2.07. The topological polar surface area (TPSA) is 136 Å². The molecule has 2 heterocycles. The van der Waals surface area contributed by atoms with Gasteiger partial charge >= 0.3 is 17.9 Å². The minimum atomic E-state index is -1.18. The largest absolute Gasteiger partial charge is 0.456 e. The zero-order valence-corrected chi connectivity index (χ0v) is 18.9. The number of nitro groups is 1. The van der Waals surface area contributed by atoms with Gasteiger partial charge in [-0.25, -0.2) is 0 Å². The summed E-state index contributed by atoms with van der Waals surface area (Å²) in [4.78, 5) is 45.8. The molecule has 31 heavy (non-hydrogen) atoms. The lowest BCUT2D eigenvalue weighted by molar-refractivity contribution is -0.384. The molecule has 2 aromatic rings. The summed E-state index contributed by atoms with van der Waals surface area (Å²) in [6.45, 7) is 3.40. The normalized spacial score (nSPS) is 23.2. The molecule has 166 valence electrons. The quantitative estimate of drug-likeness (QED) is 0.182. The van der Waals surface area contributed by atoms with E-state index in [0.29, 0.717) is 5.52 Å². The summed E-state index contributed by atoms with van der Waals surface area (Å²) in [5, 5.41) is 12.0. The SMILES string of the molecule is CC(=O)O[C@@H]1[C@@H](OC(C)=O)[C@H](n2cc(I)c3ccc([N+](=O)[O-])cc32)OC[C@@H]1OC(C)=O. The van der Waals surface area contributed by atoms with Crippen molar-refractivity contribution in [3.8, 4) is 0 Å². The molecule has 0 spiro atoms. The Hall–Kier alpha value is -2.74. The van der Waals surface area contributed by atoms with Crippen molar-refractivity contribution in [3.05, 3.63) is 38.1 Å². The van der Waals surface area contributed by atoms with Gasteiger partial charge in [0, 0.05) is 48.1 Å². The van der Waals surface area contributed by atoms with Crippen LogP contribution in [-0.4, -0.2) is 52.3 Å². The Morgan fingerprint density at radius 3 is 2.29 bits per heavy atom. The molecule has 12 heteroatoms. The molecule has 0 amide bonds. The smallest absolute Gasteiger partial charge is 0.303 e. The number of esters is 3. The molecule has 4 atom stereocenters. The Morgan fingerprint density at radius 2 is 1.71 bits per heavy atom. The van der Waals surface area contributed by atoms with Gasteiger partial charge in [-0.15, -0.1) is 0 Å². The standard InChI is InChI=1S/C19H19IN2O9/c1-9(23)29-16-8-28-19(18(31-11(3)25)17(16)30-10(2)24)21-7-14(20)13-5-4-12(22(26)27)6-15(13)21/h4-7,16-19H,8H2,1-3H3/t16-,17-,18+,19+/m0/s1. The Kier molecular flexibility index (Phi) is 6.79. The van der Waals surface area contributed by atoms with Crippen LogP contribution in [0.5, 0.6) is 0 Å². The van der Waals surface area contributed by atoms with Crippen LogP contribution in [0.15, 0.2) is 24.4 Å². The van der Waals surface area contributed by atoms with Gasteiger partial charge in [0.25, 0.3) is 5.69 Å². The minimum absolute atomic E-state index is 0.127. The third-order valence-corrected chi connectivity index (χ3v) is 5.44. The van der Waals surface area contributed by atoms with Gasteiger partial charge < -0.3 is 23.5 Å². The first-order chi connectivity index (χ1) is 14.6. The summed E-state index contributed by atoms with van der Waals surface area (Å²) in [5.74, 6) is -1.96. The van der Waals surface area contributed by atoms with E-state index in [4.69, 9.17) is 18.9 Å². The van der Waals surface area contributed by atoms with Gasteiger partial charge in [0.2, 0.25) is 0 Å². The van der Waals surface area contributed by atoms with Gasteiger partial charge in [-0.05, 0) is 28.7 Å². The monoisotopic (exact) mass is 546 g/mol. The Labute approximate surface area is 189 Å². The number of aromatic nitrogens is 1. The van der Waals surface area contributed by atoms with E-state index in [9.17, 15) is 24.5 Å². The maximum Gasteiger partial charge on any atom is 0.303 e. The highest BCUT2D eigenvalue weighted by Crippen LogP contribution is 2.36. The first-order valence-electron chi connectivity index (χ1n) is 9.16. The molecule has 1 fully saturated rings. The number of halogens is 1. The van der Waals surface area contributed by atoms with E-state index >= 15 is 0 Å². The highest BCUT2D eigenvalue weighted by molar-refractivity contribution is 14.1. The number of nitrogens with zero attached hydrogens (tertiary/aromatic N) is 2. The van der Waals surface area contributed by atoms with Crippen LogP contribution in [0.1, 0.15) is 27.0 Å². The molecular formula is C19H19IN2O9. The van der Waals surface area contributed by atoms with E-state index in [1.807, 2.05) is 0 Å². The van der Waals surface area contributed by atoms with Crippen LogP contribution in [0, 0.1) is 13.7 Å². The van der Waals surface area contributed by atoms with Gasteiger partial charge in [0.15, 0.2) is 24.5 Å². The molecule has 1 aromatic heterocycles. The molecule has 0 bridgehead atoms. The zero-order valence-electron chi connectivity index (χ0n) is 16.8. The van der Waals surface area contributed by atoms with Crippen LogP contribution < -0.4 is 0 Å². The molecule has 1 aromatic carbocycles. The molecule has 1 saturated heterocycles. The van der Waals surface area contributed by atoms with E-state index in [-0.39, 0.29) is 12.3 Å². The van der Waals surface area contributed by atoms with Crippen molar-refractivity contribution in [1.82, 2.24) is 4.57 Å². The van der Waals surface area contributed by atoms with Crippen LogP contribution >= 0.6 is 22.6 Å². The van der Waals surface area contributed by atoms with Crippen LogP contribution in [0.3, 0.4) is 0 Å². The third kappa shape index (κ3) is 4.95. The summed E-state index contributed by atoms with van der Waals surface area (Å²) in [7, 11) is 0. The molecule has 0 saturated carbocycles. The second-order valence-electron chi connectivity index (χ2n) is 6.86. The lowest BCUT2D eigenvalue weighted by Crippen LogP contribution is -2.55. The van der Waals surface area contributed by atoms with Crippen molar-refractivity contribution in [3.63, 3.8) is 0 Å². The second-order valence-corrected chi connectivity index (χ2v) is 8.02. The molecule has 3 rings (SSSR count). The van der Waals surface area contributed by atoms with Crippen LogP contribution in [0.4, 0.5) is 5.69 Å².